The van der Waals surface area contributed by atoms with Crippen molar-refractivity contribution in [2.75, 3.05) is 0 Å². The summed E-state index contributed by atoms with van der Waals surface area (Å²) in [5, 5.41) is 6.97. The van der Waals surface area contributed by atoms with Crippen LogP contribution < -0.4 is 0 Å². The summed E-state index contributed by atoms with van der Waals surface area (Å²) in [7, 11) is 0. The third kappa shape index (κ3) is 4.88. The number of pyridine rings is 2. The fourth-order valence-corrected chi connectivity index (χ4v) is 9.07. The van der Waals surface area contributed by atoms with E-state index in [0.717, 1.165) is 89.3 Å². The summed E-state index contributed by atoms with van der Waals surface area (Å²) in [6.45, 7) is 0. The molecular formula is C54H34N4. The molecule has 0 radical (unpaired) electrons. The van der Waals surface area contributed by atoms with Crippen molar-refractivity contribution in [3.8, 4) is 56.2 Å². The molecular weight excluding hydrogens is 705 g/mol. The zero-order valence-corrected chi connectivity index (χ0v) is 31.4. The Morgan fingerprint density at radius 3 is 1.00 bits per heavy atom. The number of hydrogen-bond acceptors (Lipinski definition) is 2. The van der Waals surface area contributed by atoms with E-state index in [0.29, 0.717) is 0 Å². The zero-order valence-electron chi connectivity index (χ0n) is 31.4. The topological polar surface area (TPSA) is 34.6 Å². The quantitative estimate of drug-likeness (QED) is 0.165. The molecule has 0 saturated carbocycles. The van der Waals surface area contributed by atoms with E-state index in [1.165, 1.54) is 21.5 Å². The van der Waals surface area contributed by atoms with Crippen molar-refractivity contribution in [1.29, 1.82) is 0 Å². The van der Waals surface area contributed by atoms with E-state index in [2.05, 4.69) is 215 Å². The van der Waals surface area contributed by atoms with Gasteiger partial charge in [-0.3, -0.25) is 8.80 Å². The average molecular weight is 739 g/mol. The van der Waals surface area contributed by atoms with E-state index in [-0.39, 0.29) is 0 Å². The molecule has 0 atom stereocenters. The van der Waals surface area contributed by atoms with Gasteiger partial charge in [0.1, 0.15) is 11.3 Å². The Balaban J connectivity index is 1.11. The van der Waals surface area contributed by atoms with Gasteiger partial charge in [-0.1, -0.05) is 170 Å². The molecule has 12 aromatic rings. The summed E-state index contributed by atoms with van der Waals surface area (Å²) < 4.78 is 4.72. The predicted molar refractivity (Wildman–Crippen MR) is 241 cm³/mol. The SMILES string of the molecule is c1ccc(-c2nc3c4ccc(-c5ccc6c(c5)c5ccccc5n5c(-c7ccccc7)c(-c7ccccc7)nc65)cc4c4ccccc4n3c2-c2ccccc2)cc1. The van der Waals surface area contributed by atoms with E-state index in [1.54, 1.807) is 0 Å². The minimum atomic E-state index is 0.951. The number of hydrogen-bond donors (Lipinski definition) is 0. The number of benzene rings is 8. The van der Waals surface area contributed by atoms with Gasteiger partial charge in [-0.25, -0.2) is 9.97 Å². The van der Waals surface area contributed by atoms with E-state index in [1.807, 2.05) is 0 Å². The summed E-state index contributed by atoms with van der Waals surface area (Å²) in [6.07, 6.45) is 0. The molecule has 0 aliphatic rings. The van der Waals surface area contributed by atoms with Crippen LogP contribution in [0.2, 0.25) is 0 Å². The normalized spacial score (nSPS) is 11.8. The molecule has 0 aliphatic carbocycles. The summed E-state index contributed by atoms with van der Waals surface area (Å²) in [5.41, 5.74) is 15.1. The van der Waals surface area contributed by atoms with Crippen LogP contribution in [0.15, 0.2) is 206 Å². The molecule has 0 bridgehead atoms. The lowest BCUT2D eigenvalue weighted by Gasteiger charge is -2.14. The second-order valence-corrected chi connectivity index (χ2v) is 15.0. The van der Waals surface area contributed by atoms with Crippen molar-refractivity contribution in [2.45, 2.75) is 0 Å². The fourth-order valence-electron chi connectivity index (χ4n) is 9.07. The van der Waals surface area contributed by atoms with Crippen LogP contribution in [0.3, 0.4) is 0 Å². The lowest BCUT2D eigenvalue weighted by molar-refractivity contribution is 1.27. The largest absolute Gasteiger partial charge is 0.291 e. The van der Waals surface area contributed by atoms with Gasteiger partial charge in [0.25, 0.3) is 0 Å². The molecule has 4 heteroatoms. The summed E-state index contributed by atoms with van der Waals surface area (Å²) in [5.74, 6) is 0. The van der Waals surface area contributed by atoms with E-state index in [4.69, 9.17) is 9.97 Å². The third-order valence-electron chi connectivity index (χ3n) is 11.7. The highest BCUT2D eigenvalue weighted by molar-refractivity contribution is 6.16. The summed E-state index contributed by atoms with van der Waals surface area (Å²) in [4.78, 5) is 10.9. The van der Waals surface area contributed by atoms with E-state index < -0.39 is 0 Å². The number of nitrogens with zero attached hydrogens (tertiary/aromatic N) is 4. The molecule has 12 rings (SSSR count). The molecule has 0 N–H and O–H groups in total. The molecule has 0 unspecified atom stereocenters. The maximum atomic E-state index is 5.45. The van der Waals surface area contributed by atoms with Crippen molar-refractivity contribution >= 4 is 54.6 Å². The predicted octanol–water partition coefficient (Wildman–Crippen LogP) is 13.9. The van der Waals surface area contributed by atoms with Gasteiger partial charge in [-0.2, -0.15) is 0 Å². The third-order valence-corrected chi connectivity index (χ3v) is 11.7. The average Bonchev–Trinajstić information content (AvgIpc) is 3.91. The van der Waals surface area contributed by atoms with Crippen molar-refractivity contribution in [3.05, 3.63) is 206 Å². The maximum absolute atomic E-state index is 5.45. The highest BCUT2D eigenvalue weighted by Crippen LogP contribution is 2.42. The molecule has 8 aromatic carbocycles. The molecule has 4 heterocycles. The van der Waals surface area contributed by atoms with Crippen molar-refractivity contribution in [1.82, 2.24) is 18.8 Å². The fraction of sp³-hybridized carbons (Fsp3) is 0. The lowest BCUT2D eigenvalue weighted by Crippen LogP contribution is -1.95. The highest BCUT2D eigenvalue weighted by Gasteiger charge is 2.23. The van der Waals surface area contributed by atoms with Crippen LogP contribution in [0.25, 0.3) is 111 Å². The van der Waals surface area contributed by atoms with Crippen LogP contribution in [0.4, 0.5) is 0 Å². The van der Waals surface area contributed by atoms with Crippen LogP contribution in [0.5, 0.6) is 0 Å². The molecule has 0 saturated heterocycles. The second-order valence-electron chi connectivity index (χ2n) is 15.0. The maximum Gasteiger partial charge on any atom is 0.146 e. The molecule has 0 amide bonds. The molecule has 0 fully saturated rings. The van der Waals surface area contributed by atoms with Crippen molar-refractivity contribution in [3.63, 3.8) is 0 Å². The first-order chi connectivity index (χ1) is 28.8. The molecule has 270 valence electrons. The number of rotatable bonds is 5. The number of imidazole rings is 2. The van der Waals surface area contributed by atoms with Gasteiger partial charge >= 0.3 is 0 Å². The Morgan fingerprint density at radius 1 is 0.259 bits per heavy atom. The standard InChI is InChI=1S/C54H34N4/c1-5-17-35(18-6-1)49-51(37-21-9-3-10-22-37)57-47-27-15-13-25-41(47)45-33-39(29-31-43(45)53(57)55-49)40-30-32-44-46(34-40)42-26-14-16-28-48(42)58-52(38-23-11-4-12-24-38)50(56-54(44)58)36-19-7-2-8-20-36/h1-34H. The van der Waals surface area contributed by atoms with Crippen LogP contribution in [-0.2, 0) is 0 Å². The molecule has 0 aliphatic heterocycles. The van der Waals surface area contributed by atoms with Crippen LogP contribution in [-0.4, -0.2) is 18.8 Å². The first-order valence-corrected chi connectivity index (χ1v) is 19.8. The van der Waals surface area contributed by atoms with Crippen LogP contribution in [0.1, 0.15) is 0 Å². The summed E-state index contributed by atoms with van der Waals surface area (Å²) in [6, 6.07) is 73.6. The van der Waals surface area contributed by atoms with Crippen LogP contribution in [0, 0.1) is 0 Å². The monoisotopic (exact) mass is 738 g/mol. The minimum Gasteiger partial charge on any atom is -0.291 e. The van der Waals surface area contributed by atoms with Gasteiger partial charge in [-0.05, 0) is 58.3 Å². The Hall–Kier alpha value is -7.82. The minimum absolute atomic E-state index is 0.951. The van der Waals surface area contributed by atoms with E-state index >= 15 is 0 Å². The molecule has 0 spiro atoms. The Morgan fingerprint density at radius 2 is 0.603 bits per heavy atom. The molecule has 4 aromatic heterocycles. The Bertz CT molecular complexity index is 3290. The molecule has 58 heavy (non-hydrogen) atoms. The van der Waals surface area contributed by atoms with Gasteiger partial charge in [0.15, 0.2) is 0 Å². The Labute approximate surface area is 334 Å². The first-order valence-electron chi connectivity index (χ1n) is 19.8. The number of fused-ring (bicyclic) bond motifs is 12. The zero-order chi connectivity index (χ0) is 38.2. The van der Waals surface area contributed by atoms with E-state index in [9.17, 15) is 0 Å². The van der Waals surface area contributed by atoms with Gasteiger partial charge in [0.05, 0.1) is 33.8 Å². The van der Waals surface area contributed by atoms with Gasteiger partial charge in [0, 0.05) is 43.8 Å². The number of para-hydroxylation sites is 2. The van der Waals surface area contributed by atoms with Crippen LogP contribution >= 0.6 is 0 Å². The first kappa shape index (κ1) is 32.4. The lowest BCUT2D eigenvalue weighted by atomic mass is 9.96. The molecule has 4 nitrogen and oxygen atoms in total. The smallest absolute Gasteiger partial charge is 0.146 e. The van der Waals surface area contributed by atoms with Crippen molar-refractivity contribution < 1.29 is 0 Å². The highest BCUT2D eigenvalue weighted by atomic mass is 15.0. The van der Waals surface area contributed by atoms with Gasteiger partial charge in [0.2, 0.25) is 0 Å². The van der Waals surface area contributed by atoms with Gasteiger partial charge in [-0.15, -0.1) is 0 Å². The Kier molecular flexibility index (Phi) is 7.20. The summed E-state index contributed by atoms with van der Waals surface area (Å²) >= 11 is 0. The number of aromatic nitrogens is 4. The van der Waals surface area contributed by atoms with Crippen molar-refractivity contribution in [2.24, 2.45) is 0 Å². The van der Waals surface area contributed by atoms with Gasteiger partial charge < -0.3 is 0 Å². The second kappa shape index (κ2) is 12.9.